The van der Waals surface area contributed by atoms with E-state index in [2.05, 4.69) is 19.2 Å². The Morgan fingerprint density at radius 2 is 1.83 bits per heavy atom. The lowest BCUT2D eigenvalue weighted by Crippen LogP contribution is -2.44. The van der Waals surface area contributed by atoms with Crippen LogP contribution in [0, 0.1) is 5.41 Å². The molecule has 0 bridgehead atoms. The molecule has 160 valence electrons. The van der Waals surface area contributed by atoms with Gasteiger partial charge in [0, 0.05) is 25.3 Å². The number of hydrogen-bond donors (Lipinski definition) is 1. The second kappa shape index (κ2) is 7.89. The lowest BCUT2D eigenvalue weighted by atomic mass is 9.75. The Kier molecular flexibility index (Phi) is 5.62. The summed E-state index contributed by atoms with van der Waals surface area (Å²) in [5, 5.41) is 3.71. The predicted molar refractivity (Wildman–Crippen MR) is 115 cm³/mol. The molecule has 1 atom stereocenters. The van der Waals surface area contributed by atoms with Crippen molar-refractivity contribution in [2.75, 3.05) is 29.9 Å². The quantitative estimate of drug-likeness (QED) is 0.814. The van der Waals surface area contributed by atoms with Crippen LogP contribution in [0.5, 0.6) is 0 Å². The van der Waals surface area contributed by atoms with Crippen LogP contribution in [-0.2, 0) is 22.7 Å². The third-order valence-electron chi connectivity index (χ3n) is 6.81. The zero-order chi connectivity index (χ0) is 20.6. The molecule has 0 radical (unpaired) electrons. The summed E-state index contributed by atoms with van der Waals surface area (Å²) >= 11 is 0. The number of nitrogens with one attached hydrogen (secondary N) is 1. The van der Waals surface area contributed by atoms with Gasteiger partial charge in [-0.1, -0.05) is 20.3 Å². The van der Waals surface area contributed by atoms with Crippen LogP contribution >= 0.6 is 0 Å². The van der Waals surface area contributed by atoms with E-state index >= 15 is 0 Å². The van der Waals surface area contributed by atoms with Crippen LogP contribution in [-0.4, -0.2) is 54.8 Å². The van der Waals surface area contributed by atoms with E-state index in [-0.39, 0.29) is 30.5 Å². The van der Waals surface area contributed by atoms with Crippen LogP contribution in [0.2, 0.25) is 0 Å². The van der Waals surface area contributed by atoms with E-state index in [1.807, 2.05) is 0 Å². The van der Waals surface area contributed by atoms with Gasteiger partial charge in [-0.15, -0.1) is 0 Å². The highest BCUT2D eigenvalue weighted by atomic mass is 32.2. The number of anilines is 1. The van der Waals surface area contributed by atoms with Crippen LogP contribution in [0.1, 0.15) is 73.9 Å². The van der Waals surface area contributed by atoms with Crippen molar-refractivity contribution in [3.05, 3.63) is 22.9 Å². The number of fused-ring (bicyclic) bond motifs is 1. The first-order chi connectivity index (χ1) is 13.7. The van der Waals surface area contributed by atoms with Gasteiger partial charge >= 0.3 is 0 Å². The molecule has 1 aromatic rings. The van der Waals surface area contributed by atoms with Crippen molar-refractivity contribution in [1.29, 1.82) is 0 Å². The van der Waals surface area contributed by atoms with Gasteiger partial charge in [0.1, 0.15) is 5.82 Å². The first-order valence-corrected chi connectivity index (χ1v) is 12.8. The van der Waals surface area contributed by atoms with Gasteiger partial charge in [0.15, 0.2) is 9.84 Å². The second-order valence-electron chi connectivity index (χ2n) is 9.73. The maximum absolute atomic E-state index is 13.1. The Balaban J connectivity index is 1.57. The van der Waals surface area contributed by atoms with Crippen molar-refractivity contribution in [3.8, 4) is 0 Å². The van der Waals surface area contributed by atoms with E-state index < -0.39 is 9.84 Å². The summed E-state index contributed by atoms with van der Waals surface area (Å²) in [7, 11) is -3.00. The monoisotopic (exact) mass is 419 g/mol. The number of rotatable bonds is 3. The molecule has 3 aliphatic rings. The number of pyridine rings is 1. The topological polar surface area (TPSA) is 79.4 Å². The molecule has 1 unspecified atom stereocenters. The second-order valence-corrected chi connectivity index (χ2v) is 12.0. The fourth-order valence-electron chi connectivity index (χ4n) is 5.16. The van der Waals surface area contributed by atoms with Crippen LogP contribution in [0.15, 0.2) is 6.20 Å². The van der Waals surface area contributed by atoms with E-state index in [0.717, 1.165) is 43.5 Å². The van der Waals surface area contributed by atoms with Crippen LogP contribution in [0.3, 0.4) is 0 Å². The standard InChI is InChI=1S/C22H33N3O3S/c1-22(2)9-5-6-16(14-22)24-20-18-8-4-3-7-17(18)19(15-23-20)21(26)25-10-12-29(27,28)13-11-25/h15-16H,3-14H2,1-2H3,(H,23,24). The van der Waals surface area contributed by atoms with Gasteiger partial charge < -0.3 is 10.2 Å². The summed E-state index contributed by atoms with van der Waals surface area (Å²) in [4.78, 5) is 19.5. The maximum atomic E-state index is 13.1. The minimum absolute atomic E-state index is 0.0594. The van der Waals surface area contributed by atoms with Gasteiger partial charge in [-0.2, -0.15) is 0 Å². The fourth-order valence-corrected chi connectivity index (χ4v) is 6.36. The Hall–Kier alpha value is -1.63. The van der Waals surface area contributed by atoms with Crippen LogP contribution < -0.4 is 5.32 Å². The number of amides is 1. The largest absolute Gasteiger partial charge is 0.367 e. The first kappa shape index (κ1) is 20.6. The molecular formula is C22H33N3O3S. The van der Waals surface area contributed by atoms with Gasteiger partial charge in [-0.3, -0.25) is 4.79 Å². The lowest BCUT2D eigenvalue weighted by molar-refractivity contribution is 0.0768. The number of sulfone groups is 1. The molecular weight excluding hydrogens is 386 g/mol. The average molecular weight is 420 g/mol. The third kappa shape index (κ3) is 4.60. The molecule has 4 rings (SSSR count). The van der Waals surface area contributed by atoms with E-state index in [0.29, 0.717) is 17.0 Å². The van der Waals surface area contributed by atoms with Gasteiger partial charge in [0.05, 0.1) is 17.1 Å². The molecule has 2 heterocycles. The Morgan fingerprint density at radius 3 is 2.52 bits per heavy atom. The molecule has 0 spiro atoms. The van der Waals surface area contributed by atoms with Crippen molar-refractivity contribution in [2.45, 2.75) is 71.3 Å². The summed E-state index contributed by atoms with van der Waals surface area (Å²) in [5.74, 6) is 1.02. The van der Waals surface area contributed by atoms with Gasteiger partial charge in [0.2, 0.25) is 0 Å². The van der Waals surface area contributed by atoms with Crippen LogP contribution in [0.4, 0.5) is 5.82 Å². The van der Waals surface area contributed by atoms with E-state index in [1.54, 1.807) is 11.1 Å². The van der Waals surface area contributed by atoms with Gasteiger partial charge in [0.25, 0.3) is 5.91 Å². The number of nitrogens with zero attached hydrogens (tertiary/aromatic N) is 2. The molecule has 1 N–H and O–H groups in total. The Bertz CT molecular complexity index is 881. The van der Waals surface area contributed by atoms with Crippen molar-refractivity contribution >= 4 is 21.6 Å². The molecule has 1 saturated heterocycles. The molecule has 7 heteroatoms. The fraction of sp³-hybridized carbons (Fsp3) is 0.727. The molecule has 2 fully saturated rings. The Labute approximate surface area is 174 Å². The molecule has 1 aromatic heterocycles. The van der Waals surface area contributed by atoms with E-state index in [9.17, 15) is 13.2 Å². The highest BCUT2D eigenvalue weighted by molar-refractivity contribution is 7.91. The van der Waals surface area contributed by atoms with Crippen LogP contribution in [0.25, 0.3) is 0 Å². The summed E-state index contributed by atoms with van der Waals surface area (Å²) in [6, 6.07) is 0.436. The summed E-state index contributed by atoms with van der Waals surface area (Å²) in [6.07, 6.45) is 10.6. The lowest BCUT2D eigenvalue weighted by Gasteiger charge is -2.36. The molecule has 1 aliphatic heterocycles. The smallest absolute Gasteiger partial charge is 0.255 e. The minimum Gasteiger partial charge on any atom is -0.367 e. The zero-order valence-electron chi connectivity index (χ0n) is 17.7. The van der Waals surface area contributed by atoms with Gasteiger partial charge in [-0.05, 0) is 61.5 Å². The molecule has 2 aliphatic carbocycles. The SMILES string of the molecule is CC1(C)CCCC(Nc2ncc(C(=O)N3CCS(=O)(=O)CC3)c3c2CCCC3)C1. The van der Waals surface area contributed by atoms with Crippen molar-refractivity contribution in [1.82, 2.24) is 9.88 Å². The third-order valence-corrected chi connectivity index (χ3v) is 8.42. The van der Waals surface area contributed by atoms with E-state index in [4.69, 9.17) is 4.98 Å². The molecule has 0 aromatic carbocycles. The Morgan fingerprint density at radius 1 is 1.14 bits per heavy atom. The molecule has 29 heavy (non-hydrogen) atoms. The number of aromatic nitrogens is 1. The average Bonchev–Trinajstić information content (AvgIpc) is 2.67. The summed E-state index contributed by atoms with van der Waals surface area (Å²) in [6.45, 7) is 5.24. The zero-order valence-corrected chi connectivity index (χ0v) is 18.5. The normalized spacial score (nSPS) is 25.9. The number of carbonyl (C=O) groups excluding carboxylic acids is 1. The predicted octanol–water partition coefficient (Wildman–Crippen LogP) is 3.21. The minimum atomic E-state index is -3.00. The molecule has 1 saturated carbocycles. The molecule has 1 amide bonds. The molecule has 6 nitrogen and oxygen atoms in total. The highest BCUT2D eigenvalue weighted by Crippen LogP contribution is 2.37. The van der Waals surface area contributed by atoms with E-state index in [1.165, 1.54) is 24.8 Å². The first-order valence-electron chi connectivity index (χ1n) is 11.0. The number of carbonyl (C=O) groups is 1. The van der Waals surface area contributed by atoms with Crippen molar-refractivity contribution < 1.29 is 13.2 Å². The maximum Gasteiger partial charge on any atom is 0.255 e. The summed E-state index contributed by atoms with van der Waals surface area (Å²) in [5.41, 5.74) is 3.37. The van der Waals surface area contributed by atoms with Crippen molar-refractivity contribution in [3.63, 3.8) is 0 Å². The van der Waals surface area contributed by atoms with Crippen molar-refractivity contribution in [2.24, 2.45) is 5.41 Å². The van der Waals surface area contributed by atoms with Gasteiger partial charge in [-0.25, -0.2) is 13.4 Å². The summed E-state index contributed by atoms with van der Waals surface area (Å²) < 4.78 is 23.4. The highest BCUT2D eigenvalue weighted by Gasteiger charge is 2.31. The number of hydrogen-bond acceptors (Lipinski definition) is 5.